The van der Waals surface area contributed by atoms with Gasteiger partial charge in [-0.05, 0) is 50.6 Å². The van der Waals surface area contributed by atoms with E-state index in [4.69, 9.17) is 0 Å². The molecule has 0 bridgehead atoms. The minimum atomic E-state index is -0.241. The molecule has 22 heavy (non-hydrogen) atoms. The van der Waals surface area contributed by atoms with Crippen LogP contribution in [-0.2, 0) is 6.42 Å². The van der Waals surface area contributed by atoms with E-state index in [1.807, 2.05) is 14.1 Å². The molecule has 0 aliphatic carbocycles. The highest BCUT2D eigenvalue weighted by Gasteiger charge is 2.14. The maximum Gasteiger partial charge on any atom is 0.315 e. The van der Waals surface area contributed by atoms with Gasteiger partial charge in [-0.3, -0.25) is 0 Å². The van der Waals surface area contributed by atoms with Crippen molar-refractivity contribution < 1.29 is 9.18 Å². The topological polar surface area (TPSA) is 44.4 Å². The lowest BCUT2D eigenvalue weighted by Gasteiger charge is -2.24. The summed E-state index contributed by atoms with van der Waals surface area (Å²) < 4.78 is 12.8. The van der Waals surface area contributed by atoms with Crippen molar-refractivity contribution in [2.45, 2.75) is 32.7 Å². The largest absolute Gasteiger partial charge is 0.338 e. The number of carbonyl (C=O) groups excluding carboxylic acids is 1. The Bertz CT molecular complexity index is 436. The summed E-state index contributed by atoms with van der Waals surface area (Å²) in [4.78, 5) is 14.0. The van der Waals surface area contributed by atoms with Crippen LogP contribution in [0.2, 0.25) is 0 Å². The second kappa shape index (κ2) is 9.41. The summed E-state index contributed by atoms with van der Waals surface area (Å²) in [5.74, 6) is 0.291. The van der Waals surface area contributed by atoms with Crippen molar-refractivity contribution >= 4 is 6.03 Å². The van der Waals surface area contributed by atoms with Crippen LogP contribution in [0.15, 0.2) is 24.3 Å². The van der Waals surface area contributed by atoms with Crippen LogP contribution in [-0.4, -0.2) is 44.2 Å². The van der Waals surface area contributed by atoms with E-state index >= 15 is 0 Å². The lowest BCUT2D eigenvalue weighted by molar-refractivity contribution is 0.229. The molecule has 0 aliphatic rings. The molecule has 0 aromatic heterocycles. The Morgan fingerprint density at radius 3 is 2.41 bits per heavy atom. The lowest BCUT2D eigenvalue weighted by Crippen LogP contribution is -2.47. The molecule has 1 rings (SSSR count). The number of rotatable bonds is 8. The van der Waals surface area contributed by atoms with E-state index < -0.39 is 0 Å². The van der Waals surface area contributed by atoms with Gasteiger partial charge in [-0.15, -0.1) is 0 Å². The van der Waals surface area contributed by atoms with Gasteiger partial charge >= 0.3 is 6.03 Å². The highest BCUT2D eigenvalue weighted by atomic mass is 19.1. The van der Waals surface area contributed by atoms with E-state index in [2.05, 4.69) is 29.4 Å². The van der Waals surface area contributed by atoms with E-state index in [-0.39, 0.29) is 17.9 Å². The van der Waals surface area contributed by atoms with E-state index in [0.717, 1.165) is 18.5 Å². The normalized spacial score (nSPS) is 12.5. The number of benzene rings is 1. The maximum atomic E-state index is 12.8. The van der Waals surface area contributed by atoms with Gasteiger partial charge in [0, 0.05) is 19.1 Å². The van der Waals surface area contributed by atoms with Crippen LogP contribution in [0.25, 0.3) is 0 Å². The summed E-state index contributed by atoms with van der Waals surface area (Å²) >= 11 is 0. The molecule has 0 aliphatic heterocycles. The summed E-state index contributed by atoms with van der Waals surface area (Å²) in [5.41, 5.74) is 1.01. The van der Waals surface area contributed by atoms with Crippen LogP contribution in [0.1, 0.15) is 25.8 Å². The number of hydrogen-bond acceptors (Lipinski definition) is 2. The zero-order valence-corrected chi connectivity index (χ0v) is 14.0. The third-order valence-electron chi connectivity index (χ3n) is 3.29. The summed E-state index contributed by atoms with van der Waals surface area (Å²) in [6, 6.07) is 6.34. The van der Waals surface area contributed by atoms with Gasteiger partial charge in [0.25, 0.3) is 0 Å². The van der Waals surface area contributed by atoms with Gasteiger partial charge in [-0.25, -0.2) is 9.18 Å². The van der Waals surface area contributed by atoms with Gasteiger partial charge in [0.1, 0.15) is 5.82 Å². The minimum Gasteiger partial charge on any atom is -0.338 e. The fourth-order valence-electron chi connectivity index (χ4n) is 2.40. The molecule has 1 aromatic rings. The van der Waals surface area contributed by atoms with Crippen molar-refractivity contribution in [3.8, 4) is 0 Å². The van der Waals surface area contributed by atoms with Gasteiger partial charge in [0.05, 0.1) is 0 Å². The van der Waals surface area contributed by atoms with E-state index in [9.17, 15) is 9.18 Å². The zero-order chi connectivity index (χ0) is 16.5. The van der Waals surface area contributed by atoms with Gasteiger partial charge in [-0.1, -0.05) is 26.0 Å². The van der Waals surface area contributed by atoms with Crippen LogP contribution in [0.4, 0.5) is 9.18 Å². The summed E-state index contributed by atoms with van der Waals surface area (Å²) in [5, 5.41) is 5.88. The number of hydrogen-bond donors (Lipinski definition) is 2. The average Bonchev–Trinajstić information content (AvgIpc) is 2.39. The Hall–Kier alpha value is -1.62. The first-order valence-electron chi connectivity index (χ1n) is 7.80. The van der Waals surface area contributed by atoms with E-state index in [0.29, 0.717) is 18.9 Å². The number of nitrogens with zero attached hydrogens (tertiary/aromatic N) is 1. The molecule has 0 saturated heterocycles. The predicted octanol–water partition coefficient (Wildman–Crippen LogP) is 2.64. The van der Waals surface area contributed by atoms with E-state index in [1.165, 1.54) is 12.1 Å². The number of urea groups is 1. The number of halogens is 1. The van der Waals surface area contributed by atoms with Crippen molar-refractivity contribution in [3.05, 3.63) is 35.6 Å². The highest BCUT2D eigenvalue weighted by molar-refractivity contribution is 5.74. The third-order valence-corrected chi connectivity index (χ3v) is 3.29. The first kappa shape index (κ1) is 18.4. The Morgan fingerprint density at radius 2 is 1.86 bits per heavy atom. The van der Waals surface area contributed by atoms with Gasteiger partial charge < -0.3 is 15.5 Å². The molecule has 0 spiro atoms. The van der Waals surface area contributed by atoms with Crippen molar-refractivity contribution in [2.75, 3.05) is 27.2 Å². The SMILES string of the molecule is CC(C)CC(CN(C)C)NC(=O)NCCc1ccc(F)cc1. The van der Waals surface area contributed by atoms with Crippen molar-refractivity contribution in [1.29, 1.82) is 0 Å². The lowest BCUT2D eigenvalue weighted by atomic mass is 10.0. The van der Waals surface area contributed by atoms with Gasteiger partial charge in [-0.2, -0.15) is 0 Å². The number of amides is 2. The molecule has 4 nitrogen and oxygen atoms in total. The number of carbonyl (C=O) groups is 1. The minimum absolute atomic E-state index is 0.140. The quantitative estimate of drug-likeness (QED) is 0.775. The van der Waals surface area contributed by atoms with E-state index in [1.54, 1.807) is 12.1 Å². The summed E-state index contributed by atoms with van der Waals surface area (Å²) in [6.07, 6.45) is 1.64. The second-order valence-corrected chi connectivity index (χ2v) is 6.37. The molecule has 0 fully saturated rings. The molecule has 5 heteroatoms. The zero-order valence-electron chi connectivity index (χ0n) is 14.0. The van der Waals surface area contributed by atoms with Crippen LogP contribution >= 0.6 is 0 Å². The maximum absolute atomic E-state index is 12.8. The average molecular weight is 309 g/mol. The fraction of sp³-hybridized carbons (Fsp3) is 0.588. The third kappa shape index (κ3) is 7.98. The first-order valence-corrected chi connectivity index (χ1v) is 7.80. The molecule has 1 unspecified atom stereocenters. The molecule has 124 valence electrons. The molecule has 0 heterocycles. The Labute approximate surface area is 133 Å². The Morgan fingerprint density at radius 1 is 1.23 bits per heavy atom. The van der Waals surface area contributed by atoms with Crippen molar-refractivity contribution in [3.63, 3.8) is 0 Å². The van der Waals surface area contributed by atoms with Crippen LogP contribution < -0.4 is 10.6 Å². The van der Waals surface area contributed by atoms with Crippen molar-refractivity contribution in [1.82, 2.24) is 15.5 Å². The summed E-state index contributed by atoms with van der Waals surface area (Å²) in [7, 11) is 4.00. The second-order valence-electron chi connectivity index (χ2n) is 6.37. The van der Waals surface area contributed by atoms with Gasteiger partial charge in [0.2, 0.25) is 0 Å². The van der Waals surface area contributed by atoms with Gasteiger partial charge in [0.15, 0.2) is 0 Å². The standard InChI is InChI=1S/C17H28FN3O/c1-13(2)11-16(12-21(3)4)20-17(22)19-10-9-14-5-7-15(18)8-6-14/h5-8,13,16H,9-12H2,1-4H3,(H2,19,20,22). The summed E-state index contributed by atoms with van der Waals surface area (Å²) in [6.45, 7) is 5.66. The monoisotopic (exact) mass is 309 g/mol. The predicted molar refractivity (Wildman–Crippen MR) is 88.4 cm³/mol. The Balaban J connectivity index is 2.34. The first-order chi connectivity index (χ1) is 10.4. The molecular weight excluding hydrogens is 281 g/mol. The van der Waals surface area contributed by atoms with Crippen LogP contribution in [0, 0.1) is 11.7 Å². The highest BCUT2D eigenvalue weighted by Crippen LogP contribution is 2.06. The molecule has 0 saturated carbocycles. The molecule has 2 N–H and O–H groups in total. The van der Waals surface area contributed by atoms with Crippen LogP contribution in [0.5, 0.6) is 0 Å². The number of likely N-dealkylation sites (N-methyl/N-ethyl adjacent to an activating group) is 1. The Kier molecular flexibility index (Phi) is 7.88. The molecule has 1 atom stereocenters. The van der Waals surface area contributed by atoms with Crippen LogP contribution in [0.3, 0.4) is 0 Å². The molecule has 0 radical (unpaired) electrons. The number of nitrogens with one attached hydrogen (secondary N) is 2. The molecular formula is C17H28FN3O. The molecule has 2 amide bonds. The van der Waals surface area contributed by atoms with Crippen molar-refractivity contribution in [2.24, 2.45) is 5.92 Å². The fourth-order valence-corrected chi connectivity index (χ4v) is 2.40. The molecule has 1 aromatic carbocycles. The smallest absolute Gasteiger partial charge is 0.315 e.